The number of carboxylic acid groups (broad SMARTS) is 1. The van der Waals surface area contributed by atoms with Gasteiger partial charge >= 0.3 is 6.09 Å². The highest BCUT2D eigenvalue weighted by Crippen LogP contribution is 2.35. The maximum atomic E-state index is 10.9. The Morgan fingerprint density at radius 1 is 1.38 bits per heavy atom. The molecule has 2 fully saturated rings. The number of rotatable bonds is 1. The molecule has 4 heteroatoms. The second-order valence-electron chi connectivity index (χ2n) is 4.03. The second-order valence-corrected chi connectivity index (χ2v) is 4.03. The van der Waals surface area contributed by atoms with Crippen LogP contribution in [0.2, 0.25) is 0 Å². The van der Waals surface area contributed by atoms with Crippen molar-refractivity contribution in [1.82, 2.24) is 10.2 Å². The molecule has 3 atom stereocenters. The van der Waals surface area contributed by atoms with Crippen LogP contribution in [0.4, 0.5) is 4.79 Å². The maximum Gasteiger partial charge on any atom is 0.407 e. The standard InChI is InChI=1S/C9H16N2O2/c1-10-6-4-7-2-3-8(5-6)11(7)9(12)13/h6-8,10H,2-5H2,1H3,(H,12,13)/t6?,7-,8+. The molecule has 2 rings (SSSR count). The number of piperidine rings is 1. The third-order valence-corrected chi connectivity index (χ3v) is 3.36. The summed E-state index contributed by atoms with van der Waals surface area (Å²) in [6, 6.07) is 1.07. The lowest BCUT2D eigenvalue weighted by Crippen LogP contribution is -2.50. The van der Waals surface area contributed by atoms with E-state index in [1.54, 1.807) is 4.90 Å². The first-order valence-corrected chi connectivity index (χ1v) is 4.91. The third-order valence-electron chi connectivity index (χ3n) is 3.36. The predicted octanol–water partition coefficient (Wildman–Crippen LogP) is 0.879. The van der Waals surface area contributed by atoms with Crippen molar-refractivity contribution < 1.29 is 9.90 Å². The highest BCUT2D eigenvalue weighted by Gasteiger charge is 2.42. The highest BCUT2D eigenvalue weighted by atomic mass is 16.4. The lowest BCUT2D eigenvalue weighted by Gasteiger charge is -2.36. The topological polar surface area (TPSA) is 52.6 Å². The molecular weight excluding hydrogens is 168 g/mol. The van der Waals surface area contributed by atoms with E-state index in [1.165, 1.54) is 0 Å². The Kier molecular flexibility index (Phi) is 2.15. The average molecular weight is 184 g/mol. The number of carbonyl (C=O) groups is 1. The second kappa shape index (κ2) is 3.18. The van der Waals surface area contributed by atoms with Crippen LogP contribution in [0, 0.1) is 0 Å². The quantitative estimate of drug-likeness (QED) is 0.636. The molecule has 0 aromatic heterocycles. The van der Waals surface area contributed by atoms with E-state index >= 15 is 0 Å². The Labute approximate surface area is 77.9 Å². The molecule has 0 aromatic rings. The van der Waals surface area contributed by atoms with Crippen LogP contribution in [0.15, 0.2) is 0 Å². The van der Waals surface area contributed by atoms with E-state index in [0.29, 0.717) is 6.04 Å². The normalized spacial score (nSPS) is 37.9. The molecule has 0 aromatic carbocycles. The van der Waals surface area contributed by atoms with Crippen LogP contribution >= 0.6 is 0 Å². The van der Waals surface area contributed by atoms with Gasteiger partial charge in [0.25, 0.3) is 0 Å². The molecule has 0 spiro atoms. The highest BCUT2D eigenvalue weighted by molar-refractivity contribution is 5.66. The van der Waals surface area contributed by atoms with Gasteiger partial charge in [0.1, 0.15) is 0 Å². The van der Waals surface area contributed by atoms with Crippen molar-refractivity contribution in [3.8, 4) is 0 Å². The van der Waals surface area contributed by atoms with Crippen LogP contribution in [0.25, 0.3) is 0 Å². The molecule has 2 saturated heterocycles. The summed E-state index contributed by atoms with van der Waals surface area (Å²) < 4.78 is 0. The minimum atomic E-state index is -0.734. The average Bonchev–Trinajstić information content (AvgIpc) is 2.37. The Balaban J connectivity index is 2.08. The number of hydrogen-bond donors (Lipinski definition) is 2. The van der Waals surface area contributed by atoms with E-state index < -0.39 is 6.09 Å². The molecule has 1 unspecified atom stereocenters. The SMILES string of the molecule is CNC1C[C@H]2CC[C@@H](C1)N2C(=O)O. The van der Waals surface area contributed by atoms with E-state index in [1.807, 2.05) is 7.05 Å². The van der Waals surface area contributed by atoms with Crippen LogP contribution in [0.1, 0.15) is 25.7 Å². The van der Waals surface area contributed by atoms with Crippen molar-refractivity contribution in [2.45, 2.75) is 43.8 Å². The summed E-state index contributed by atoms with van der Waals surface area (Å²) in [4.78, 5) is 12.6. The molecule has 2 aliphatic rings. The van der Waals surface area contributed by atoms with E-state index in [9.17, 15) is 4.79 Å². The smallest absolute Gasteiger partial charge is 0.407 e. The Morgan fingerprint density at radius 2 is 1.92 bits per heavy atom. The monoisotopic (exact) mass is 184 g/mol. The summed E-state index contributed by atoms with van der Waals surface area (Å²) in [6.45, 7) is 0. The van der Waals surface area contributed by atoms with Crippen molar-refractivity contribution in [2.24, 2.45) is 0 Å². The van der Waals surface area contributed by atoms with Gasteiger partial charge in [0.05, 0.1) is 0 Å². The number of nitrogens with zero attached hydrogens (tertiary/aromatic N) is 1. The number of nitrogens with one attached hydrogen (secondary N) is 1. The van der Waals surface area contributed by atoms with E-state index in [0.717, 1.165) is 25.7 Å². The van der Waals surface area contributed by atoms with Gasteiger partial charge in [-0.3, -0.25) is 0 Å². The van der Waals surface area contributed by atoms with Crippen LogP contribution in [-0.2, 0) is 0 Å². The molecule has 2 N–H and O–H groups in total. The van der Waals surface area contributed by atoms with Crippen molar-refractivity contribution in [1.29, 1.82) is 0 Å². The lowest BCUT2D eigenvalue weighted by molar-refractivity contribution is 0.0933. The summed E-state index contributed by atoms with van der Waals surface area (Å²) >= 11 is 0. The molecule has 13 heavy (non-hydrogen) atoms. The van der Waals surface area contributed by atoms with Crippen LogP contribution in [0.5, 0.6) is 0 Å². The fourth-order valence-electron chi connectivity index (χ4n) is 2.73. The Hall–Kier alpha value is -0.770. The largest absolute Gasteiger partial charge is 0.465 e. The van der Waals surface area contributed by atoms with Gasteiger partial charge in [-0.1, -0.05) is 0 Å². The van der Waals surface area contributed by atoms with Gasteiger partial charge in [0, 0.05) is 18.1 Å². The number of fused-ring (bicyclic) bond motifs is 2. The molecule has 74 valence electrons. The first-order valence-electron chi connectivity index (χ1n) is 4.91. The van der Waals surface area contributed by atoms with Gasteiger partial charge < -0.3 is 15.3 Å². The van der Waals surface area contributed by atoms with Gasteiger partial charge in [-0.2, -0.15) is 0 Å². The fraction of sp³-hybridized carbons (Fsp3) is 0.889. The minimum Gasteiger partial charge on any atom is -0.465 e. The molecule has 0 saturated carbocycles. The molecule has 2 bridgehead atoms. The first kappa shape index (κ1) is 8.81. The maximum absolute atomic E-state index is 10.9. The van der Waals surface area contributed by atoms with Crippen LogP contribution in [0.3, 0.4) is 0 Å². The van der Waals surface area contributed by atoms with Crippen molar-refractivity contribution in [2.75, 3.05) is 7.05 Å². The third kappa shape index (κ3) is 1.39. The van der Waals surface area contributed by atoms with Crippen molar-refractivity contribution in [3.63, 3.8) is 0 Å². The Bertz CT molecular complexity index is 206. The van der Waals surface area contributed by atoms with Gasteiger partial charge in [0.15, 0.2) is 0 Å². The van der Waals surface area contributed by atoms with Gasteiger partial charge in [-0.05, 0) is 32.7 Å². The molecule has 2 aliphatic heterocycles. The first-order chi connectivity index (χ1) is 6.22. The Morgan fingerprint density at radius 3 is 2.31 bits per heavy atom. The van der Waals surface area contributed by atoms with Gasteiger partial charge in [-0.25, -0.2) is 4.79 Å². The zero-order chi connectivity index (χ0) is 9.42. The summed E-state index contributed by atoms with van der Waals surface area (Å²) in [5, 5.41) is 12.2. The van der Waals surface area contributed by atoms with E-state index in [4.69, 9.17) is 5.11 Å². The molecule has 0 radical (unpaired) electrons. The molecule has 2 heterocycles. The van der Waals surface area contributed by atoms with Crippen molar-refractivity contribution >= 4 is 6.09 Å². The zero-order valence-electron chi connectivity index (χ0n) is 7.86. The van der Waals surface area contributed by atoms with E-state index in [2.05, 4.69) is 5.32 Å². The molecular formula is C9H16N2O2. The van der Waals surface area contributed by atoms with E-state index in [-0.39, 0.29) is 12.1 Å². The van der Waals surface area contributed by atoms with Crippen LogP contribution < -0.4 is 5.32 Å². The number of amides is 1. The van der Waals surface area contributed by atoms with Gasteiger partial charge in [-0.15, -0.1) is 0 Å². The summed E-state index contributed by atoms with van der Waals surface area (Å²) in [7, 11) is 1.96. The van der Waals surface area contributed by atoms with Crippen molar-refractivity contribution in [3.05, 3.63) is 0 Å². The fourth-order valence-corrected chi connectivity index (χ4v) is 2.73. The van der Waals surface area contributed by atoms with Gasteiger partial charge in [0.2, 0.25) is 0 Å². The molecule has 1 amide bonds. The predicted molar refractivity (Wildman–Crippen MR) is 48.8 cm³/mol. The zero-order valence-corrected chi connectivity index (χ0v) is 7.86. The summed E-state index contributed by atoms with van der Waals surface area (Å²) in [5.41, 5.74) is 0. The molecule has 0 aliphatic carbocycles. The summed E-state index contributed by atoms with van der Waals surface area (Å²) in [6.07, 6.45) is 3.34. The summed E-state index contributed by atoms with van der Waals surface area (Å²) in [5.74, 6) is 0. The number of hydrogen-bond acceptors (Lipinski definition) is 2. The van der Waals surface area contributed by atoms with Crippen LogP contribution in [-0.4, -0.2) is 41.3 Å². The lowest BCUT2D eigenvalue weighted by atomic mass is 9.98. The minimum absolute atomic E-state index is 0.272. The molecule has 4 nitrogen and oxygen atoms in total.